The quantitative estimate of drug-likeness (QED) is 0.401. The van der Waals surface area contributed by atoms with Gasteiger partial charge in [0, 0.05) is 12.4 Å². The van der Waals surface area contributed by atoms with Crippen molar-refractivity contribution in [1.29, 1.82) is 0 Å². The summed E-state index contributed by atoms with van der Waals surface area (Å²) in [4.78, 5) is 10.7. The third-order valence-corrected chi connectivity index (χ3v) is 2.70. The molecule has 0 aliphatic heterocycles. The van der Waals surface area contributed by atoms with E-state index in [0.717, 1.165) is 25.7 Å². The number of carbonyl (C=O) groups excluding carboxylic acids is 1. The van der Waals surface area contributed by atoms with E-state index in [1.807, 2.05) is 6.92 Å². The van der Waals surface area contributed by atoms with Crippen LogP contribution >= 0.6 is 0 Å². The van der Waals surface area contributed by atoms with Crippen molar-refractivity contribution in [2.75, 3.05) is 0 Å². The Balaban J connectivity index is 0. The molecule has 0 N–H and O–H groups in total. The number of hydrogen-bond acceptors (Lipinski definition) is 2. The Labute approximate surface area is 124 Å². The first-order valence-electron chi connectivity index (χ1n) is 6.07. The maximum atomic E-state index is 11.8. The molecule has 0 bridgehead atoms. The molecule has 0 aliphatic rings. The fraction of sp³-hybridized carbons (Fsp3) is 0.917. The average Bonchev–Trinajstić information content (AvgIpc) is 2.20. The predicted octanol–water partition coefficient (Wildman–Crippen LogP) is -0.238. The summed E-state index contributed by atoms with van der Waals surface area (Å²) >= 11 is 0. The van der Waals surface area contributed by atoms with Crippen LogP contribution in [0.1, 0.15) is 58.3 Å². The summed E-state index contributed by atoms with van der Waals surface area (Å²) < 4.78 is 23.6. The van der Waals surface area contributed by atoms with E-state index in [1.54, 1.807) is 0 Å². The van der Waals surface area contributed by atoms with Gasteiger partial charge in [0.2, 0.25) is 6.43 Å². The van der Waals surface area contributed by atoms with Crippen molar-refractivity contribution in [2.45, 2.75) is 64.7 Å². The van der Waals surface area contributed by atoms with Gasteiger partial charge in [0.05, 0.1) is 0 Å². The number of carboxylic acids is 1. The first-order chi connectivity index (χ1) is 7.57. The minimum Gasteiger partial charge on any atom is -0.550 e. The van der Waals surface area contributed by atoms with Crippen molar-refractivity contribution in [3.05, 3.63) is 0 Å². The van der Waals surface area contributed by atoms with Crippen LogP contribution in [-0.2, 0) is 4.79 Å². The van der Waals surface area contributed by atoms with Gasteiger partial charge in [-0.15, -0.1) is 0 Å². The van der Waals surface area contributed by atoms with Gasteiger partial charge in [0.25, 0.3) is 0 Å². The second kappa shape index (κ2) is 12.8. The average molecular weight is 258 g/mol. The molecule has 0 aliphatic carbocycles. The zero-order chi connectivity index (χ0) is 12.4. The minimum absolute atomic E-state index is 0. The summed E-state index contributed by atoms with van der Waals surface area (Å²) in [6.45, 7) is 1.94. The van der Waals surface area contributed by atoms with Crippen molar-refractivity contribution in [1.82, 2.24) is 0 Å². The van der Waals surface area contributed by atoms with E-state index in [-0.39, 0.29) is 41.9 Å². The van der Waals surface area contributed by atoms with Crippen molar-refractivity contribution < 1.29 is 48.2 Å². The molecule has 0 saturated carbocycles. The van der Waals surface area contributed by atoms with Gasteiger partial charge in [-0.05, 0) is 25.2 Å². The van der Waals surface area contributed by atoms with Gasteiger partial charge < -0.3 is 9.90 Å². The van der Waals surface area contributed by atoms with Gasteiger partial charge in [0.15, 0.2) is 0 Å². The van der Waals surface area contributed by atoms with E-state index >= 15 is 0 Å². The summed E-state index contributed by atoms with van der Waals surface area (Å²) in [6.07, 6.45) is 2.77. The molecule has 0 aromatic heterocycles. The molecule has 17 heavy (non-hydrogen) atoms. The second-order valence-electron chi connectivity index (χ2n) is 4.19. The number of carboxylic acid groups (broad SMARTS) is 1. The van der Waals surface area contributed by atoms with E-state index in [1.165, 1.54) is 0 Å². The van der Waals surface area contributed by atoms with E-state index in [4.69, 9.17) is 0 Å². The van der Waals surface area contributed by atoms with Crippen LogP contribution in [0.3, 0.4) is 0 Å². The number of halogens is 2. The fourth-order valence-corrected chi connectivity index (χ4v) is 1.77. The molecule has 0 saturated heterocycles. The van der Waals surface area contributed by atoms with E-state index in [2.05, 4.69) is 0 Å². The topological polar surface area (TPSA) is 40.1 Å². The number of alkyl halides is 2. The minimum atomic E-state index is -2.21. The van der Waals surface area contributed by atoms with Gasteiger partial charge in [-0.3, -0.25) is 0 Å². The summed E-state index contributed by atoms with van der Waals surface area (Å²) in [5, 5.41) is 10.7. The van der Waals surface area contributed by atoms with Gasteiger partial charge in [-0.25, -0.2) is 8.78 Å². The van der Waals surface area contributed by atoms with Gasteiger partial charge >= 0.3 is 29.6 Å². The smallest absolute Gasteiger partial charge is 0.550 e. The molecule has 2 nitrogen and oxygen atoms in total. The number of rotatable bonds is 10. The maximum Gasteiger partial charge on any atom is 1.00 e. The summed E-state index contributed by atoms with van der Waals surface area (Å²) in [7, 11) is 0. The largest absolute Gasteiger partial charge is 1.00 e. The number of aliphatic carboxylic acids is 1. The Bertz CT molecular complexity index is 189. The molecule has 0 aromatic rings. The zero-order valence-corrected chi connectivity index (χ0v) is 12.9. The molecule has 0 heterocycles. The Morgan fingerprint density at radius 1 is 1.06 bits per heavy atom. The van der Waals surface area contributed by atoms with Crippen LogP contribution in [0, 0.1) is 5.92 Å². The molecule has 5 heteroatoms. The SMILES string of the molecule is CCCC(CCCCCCC(F)F)C(=O)[O-].[Na+]. The van der Waals surface area contributed by atoms with Crippen LogP contribution in [0.4, 0.5) is 8.78 Å². The second-order valence-corrected chi connectivity index (χ2v) is 4.19. The number of unbranched alkanes of at least 4 members (excludes halogenated alkanes) is 3. The number of carbonyl (C=O) groups is 1. The Morgan fingerprint density at radius 2 is 1.59 bits per heavy atom. The standard InChI is InChI=1S/C12H22F2O2.Na/c1-2-7-10(12(15)16)8-5-3-4-6-9-11(13)14;/h10-11H,2-9H2,1H3,(H,15,16);/q;+1/p-1. The number of hydrogen-bond donors (Lipinski definition) is 0. The molecule has 0 amide bonds. The molecule has 1 unspecified atom stereocenters. The zero-order valence-electron chi connectivity index (χ0n) is 10.9. The Hall–Kier alpha value is 0.330. The fourth-order valence-electron chi connectivity index (χ4n) is 1.77. The Kier molecular flexibility index (Phi) is 14.8. The Morgan fingerprint density at radius 3 is 2.00 bits per heavy atom. The van der Waals surface area contributed by atoms with Crippen LogP contribution < -0.4 is 34.7 Å². The summed E-state index contributed by atoms with van der Waals surface area (Å²) in [5.74, 6) is -1.34. The normalized spacial score (nSPS) is 12.2. The van der Waals surface area contributed by atoms with Crippen molar-refractivity contribution in [2.24, 2.45) is 5.92 Å². The van der Waals surface area contributed by atoms with Crippen LogP contribution in [0.5, 0.6) is 0 Å². The van der Waals surface area contributed by atoms with E-state index in [0.29, 0.717) is 19.3 Å². The molecular formula is C12H21F2NaO2. The monoisotopic (exact) mass is 258 g/mol. The predicted molar refractivity (Wildman–Crippen MR) is 57.1 cm³/mol. The molecule has 0 rings (SSSR count). The van der Waals surface area contributed by atoms with E-state index < -0.39 is 12.4 Å². The first kappa shape index (κ1) is 19.7. The van der Waals surface area contributed by atoms with Crippen LogP contribution in [0.2, 0.25) is 0 Å². The van der Waals surface area contributed by atoms with Gasteiger partial charge in [-0.2, -0.15) is 0 Å². The summed E-state index contributed by atoms with van der Waals surface area (Å²) in [5.41, 5.74) is 0. The summed E-state index contributed by atoms with van der Waals surface area (Å²) in [6, 6.07) is 0. The van der Waals surface area contributed by atoms with Gasteiger partial charge in [0.1, 0.15) is 0 Å². The van der Waals surface area contributed by atoms with Crippen LogP contribution in [0.15, 0.2) is 0 Å². The molecule has 0 fully saturated rings. The van der Waals surface area contributed by atoms with E-state index in [9.17, 15) is 18.7 Å². The molecule has 0 spiro atoms. The van der Waals surface area contributed by atoms with Crippen molar-refractivity contribution >= 4 is 5.97 Å². The van der Waals surface area contributed by atoms with Crippen molar-refractivity contribution in [3.8, 4) is 0 Å². The molecule has 0 radical (unpaired) electrons. The van der Waals surface area contributed by atoms with Crippen LogP contribution in [-0.4, -0.2) is 12.4 Å². The third-order valence-electron chi connectivity index (χ3n) is 2.70. The molecule has 96 valence electrons. The van der Waals surface area contributed by atoms with Gasteiger partial charge in [-0.1, -0.05) is 32.6 Å². The molecular weight excluding hydrogens is 237 g/mol. The molecule has 1 atom stereocenters. The third kappa shape index (κ3) is 12.6. The maximum absolute atomic E-state index is 11.8. The van der Waals surface area contributed by atoms with Crippen molar-refractivity contribution in [3.63, 3.8) is 0 Å². The first-order valence-corrected chi connectivity index (χ1v) is 6.07. The molecule has 0 aromatic carbocycles. The van der Waals surface area contributed by atoms with Crippen LogP contribution in [0.25, 0.3) is 0 Å².